The number of aryl methyl sites for hydroxylation is 2. The number of aromatic nitrogens is 1. The van der Waals surface area contributed by atoms with E-state index in [1.165, 1.54) is 11.8 Å². The van der Waals surface area contributed by atoms with Crippen molar-refractivity contribution in [1.82, 2.24) is 5.16 Å². The Hall–Kier alpha value is -2.28. The lowest BCUT2D eigenvalue weighted by molar-refractivity contribution is -0.141. The van der Waals surface area contributed by atoms with Crippen LogP contribution < -0.4 is 5.32 Å². The third kappa shape index (κ3) is 6.15. The van der Waals surface area contributed by atoms with Crippen LogP contribution in [0.15, 0.2) is 34.9 Å². The molecule has 0 unspecified atom stereocenters. The Balaban J connectivity index is 1.63. The van der Waals surface area contributed by atoms with E-state index >= 15 is 0 Å². The largest absolute Gasteiger partial charge is 0.460 e. The highest BCUT2D eigenvalue weighted by Gasteiger charge is 2.09. The first-order valence-corrected chi connectivity index (χ1v) is 8.20. The van der Waals surface area contributed by atoms with Crippen molar-refractivity contribution in [1.29, 1.82) is 0 Å². The molecule has 0 bridgehead atoms. The van der Waals surface area contributed by atoms with Crippen molar-refractivity contribution in [2.75, 3.05) is 16.8 Å². The van der Waals surface area contributed by atoms with E-state index in [0.717, 1.165) is 11.1 Å². The Labute approximate surface area is 138 Å². The molecular formula is C16H18N2O4S. The normalized spacial score (nSPS) is 10.3. The number of carbonyl (C=O) groups is 2. The first-order chi connectivity index (χ1) is 11.0. The Morgan fingerprint density at radius 1 is 1.26 bits per heavy atom. The van der Waals surface area contributed by atoms with Crippen LogP contribution in [-0.4, -0.2) is 28.5 Å². The zero-order valence-electron chi connectivity index (χ0n) is 13.0. The van der Waals surface area contributed by atoms with Gasteiger partial charge in [-0.1, -0.05) is 35.0 Å². The molecule has 23 heavy (non-hydrogen) atoms. The van der Waals surface area contributed by atoms with E-state index in [1.54, 1.807) is 13.0 Å². The average molecular weight is 334 g/mol. The quantitative estimate of drug-likeness (QED) is 0.784. The lowest BCUT2D eigenvalue weighted by Crippen LogP contribution is -2.16. The van der Waals surface area contributed by atoms with Crippen molar-refractivity contribution in [3.05, 3.63) is 47.2 Å². The van der Waals surface area contributed by atoms with Crippen LogP contribution in [0.25, 0.3) is 0 Å². The summed E-state index contributed by atoms with van der Waals surface area (Å²) in [6, 6.07) is 9.40. The average Bonchev–Trinajstić information content (AvgIpc) is 2.90. The summed E-state index contributed by atoms with van der Waals surface area (Å²) in [6.07, 6.45) is 0. The summed E-state index contributed by atoms with van der Waals surface area (Å²) < 4.78 is 10.0. The molecular weight excluding hydrogens is 316 g/mol. The zero-order chi connectivity index (χ0) is 16.7. The third-order valence-corrected chi connectivity index (χ3v) is 3.74. The van der Waals surface area contributed by atoms with Gasteiger partial charge in [0.05, 0.1) is 11.5 Å². The number of rotatable bonds is 7. The maximum Gasteiger partial charge on any atom is 0.316 e. The van der Waals surface area contributed by atoms with E-state index in [-0.39, 0.29) is 30.0 Å². The van der Waals surface area contributed by atoms with Crippen LogP contribution in [0.5, 0.6) is 0 Å². The lowest BCUT2D eigenvalue weighted by atomic mass is 10.1. The Morgan fingerprint density at radius 2 is 2.09 bits per heavy atom. The molecule has 1 N–H and O–H groups in total. The molecule has 0 atom stereocenters. The first-order valence-electron chi connectivity index (χ1n) is 7.05. The highest BCUT2D eigenvalue weighted by molar-refractivity contribution is 8.00. The summed E-state index contributed by atoms with van der Waals surface area (Å²) in [5.74, 6) is 0.668. The molecule has 1 heterocycles. The van der Waals surface area contributed by atoms with Crippen LogP contribution in [0, 0.1) is 13.8 Å². The Bertz CT molecular complexity index is 684. The number of thioether (sulfide) groups is 1. The fourth-order valence-electron chi connectivity index (χ4n) is 1.84. The van der Waals surface area contributed by atoms with E-state index in [4.69, 9.17) is 9.26 Å². The molecule has 0 radical (unpaired) electrons. The zero-order valence-corrected chi connectivity index (χ0v) is 13.8. The number of nitrogens with one attached hydrogen (secondary N) is 1. The van der Waals surface area contributed by atoms with Gasteiger partial charge in [-0.05, 0) is 19.4 Å². The number of hydrogen-bond acceptors (Lipinski definition) is 6. The van der Waals surface area contributed by atoms with Crippen molar-refractivity contribution in [3.8, 4) is 0 Å². The number of carbonyl (C=O) groups excluding carboxylic acids is 2. The molecule has 0 spiro atoms. The third-order valence-electron chi connectivity index (χ3n) is 2.83. The molecule has 0 aliphatic heterocycles. The van der Waals surface area contributed by atoms with E-state index in [0.29, 0.717) is 11.6 Å². The molecule has 0 aliphatic carbocycles. The standard InChI is InChI=1S/C16H18N2O4S/c1-11-4-3-5-13(6-11)8-21-16(20)10-23-9-15(19)17-14-7-12(2)22-18-14/h3-7H,8-10H2,1-2H3,(H,17,18,19). The molecule has 0 fully saturated rings. The summed E-state index contributed by atoms with van der Waals surface area (Å²) in [4.78, 5) is 23.3. The monoisotopic (exact) mass is 334 g/mol. The molecule has 0 saturated carbocycles. The van der Waals surface area contributed by atoms with Gasteiger partial charge in [0.1, 0.15) is 12.4 Å². The van der Waals surface area contributed by atoms with Crippen LogP contribution in [0.3, 0.4) is 0 Å². The van der Waals surface area contributed by atoms with Gasteiger partial charge in [-0.3, -0.25) is 9.59 Å². The van der Waals surface area contributed by atoms with Crippen molar-refractivity contribution < 1.29 is 18.8 Å². The number of nitrogens with zero attached hydrogens (tertiary/aromatic N) is 1. The Kier molecular flexibility index (Phi) is 6.22. The first kappa shape index (κ1) is 17.1. The van der Waals surface area contributed by atoms with E-state index in [9.17, 15) is 9.59 Å². The molecule has 0 saturated heterocycles. The van der Waals surface area contributed by atoms with E-state index < -0.39 is 0 Å². The molecule has 2 aromatic rings. The van der Waals surface area contributed by atoms with E-state index in [1.807, 2.05) is 31.2 Å². The van der Waals surface area contributed by atoms with Gasteiger partial charge in [-0.25, -0.2) is 0 Å². The summed E-state index contributed by atoms with van der Waals surface area (Å²) in [5, 5.41) is 6.25. The number of hydrogen-bond donors (Lipinski definition) is 1. The van der Waals surface area contributed by atoms with Crippen molar-refractivity contribution in [2.24, 2.45) is 0 Å². The fraction of sp³-hybridized carbons (Fsp3) is 0.312. The van der Waals surface area contributed by atoms with Crippen LogP contribution in [0.4, 0.5) is 5.82 Å². The second kappa shape index (κ2) is 8.38. The molecule has 1 aromatic heterocycles. The van der Waals surface area contributed by atoms with Gasteiger partial charge in [0, 0.05) is 6.07 Å². The number of anilines is 1. The summed E-state index contributed by atoms with van der Waals surface area (Å²) in [5.41, 5.74) is 2.06. The molecule has 7 heteroatoms. The van der Waals surface area contributed by atoms with Gasteiger partial charge in [0.15, 0.2) is 5.82 Å². The second-order valence-electron chi connectivity index (χ2n) is 5.01. The number of esters is 1. The van der Waals surface area contributed by atoms with E-state index in [2.05, 4.69) is 10.5 Å². The number of benzene rings is 1. The smallest absolute Gasteiger partial charge is 0.316 e. The predicted molar refractivity (Wildman–Crippen MR) is 88.2 cm³/mol. The molecule has 0 aliphatic rings. The maximum absolute atomic E-state index is 11.7. The van der Waals surface area contributed by atoms with Crippen LogP contribution in [0.2, 0.25) is 0 Å². The lowest BCUT2D eigenvalue weighted by Gasteiger charge is -2.05. The minimum Gasteiger partial charge on any atom is -0.460 e. The van der Waals surface area contributed by atoms with Crippen molar-refractivity contribution >= 4 is 29.5 Å². The predicted octanol–water partition coefficient (Wildman–Crippen LogP) is 2.71. The van der Waals surface area contributed by atoms with Gasteiger partial charge in [0.25, 0.3) is 0 Å². The molecule has 122 valence electrons. The summed E-state index contributed by atoms with van der Waals surface area (Å²) >= 11 is 1.19. The van der Waals surface area contributed by atoms with Crippen molar-refractivity contribution in [3.63, 3.8) is 0 Å². The van der Waals surface area contributed by atoms with Crippen LogP contribution in [-0.2, 0) is 20.9 Å². The maximum atomic E-state index is 11.7. The fourth-order valence-corrected chi connectivity index (χ4v) is 2.45. The Morgan fingerprint density at radius 3 is 2.78 bits per heavy atom. The summed E-state index contributed by atoms with van der Waals surface area (Å²) in [7, 11) is 0. The minimum absolute atomic E-state index is 0.122. The topological polar surface area (TPSA) is 81.4 Å². The van der Waals surface area contributed by atoms with Crippen LogP contribution >= 0.6 is 11.8 Å². The van der Waals surface area contributed by atoms with Crippen molar-refractivity contribution in [2.45, 2.75) is 20.5 Å². The number of amides is 1. The van der Waals surface area contributed by atoms with Gasteiger partial charge >= 0.3 is 5.97 Å². The highest BCUT2D eigenvalue weighted by Crippen LogP contribution is 2.09. The minimum atomic E-state index is -0.346. The molecule has 1 amide bonds. The van der Waals surface area contributed by atoms with Gasteiger partial charge in [-0.15, -0.1) is 11.8 Å². The van der Waals surface area contributed by atoms with Gasteiger partial charge in [0.2, 0.25) is 5.91 Å². The molecule has 1 aromatic carbocycles. The molecule has 6 nitrogen and oxygen atoms in total. The van der Waals surface area contributed by atoms with Gasteiger partial charge < -0.3 is 14.6 Å². The summed E-state index contributed by atoms with van der Waals surface area (Å²) in [6.45, 7) is 3.96. The SMILES string of the molecule is Cc1cccc(COC(=O)CSCC(=O)Nc2cc(C)on2)c1. The molecule has 2 rings (SSSR count). The number of ether oxygens (including phenoxy) is 1. The van der Waals surface area contributed by atoms with Gasteiger partial charge in [-0.2, -0.15) is 0 Å². The highest BCUT2D eigenvalue weighted by atomic mass is 32.2. The second-order valence-corrected chi connectivity index (χ2v) is 6.00. The van der Waals surface area contributed by atoms with Crippen LogP contribution in [0.1, 0.15) is 16.9 Å².